The maximum absolute atomic E-state index is 13.9. The zero-order valence-electron chi connectivity index (χ0n) is 17.1. The second-order valence-electron chi connectivity index (χ2n) is 6.57. The fraction of sp³-hybridized carbons (Fsp3) is 0.438. The maximum Gasteiger partial charge on any atom is 0.517 e. The number of alkyl halides is 10. The van der Waals surface area contributed by atoms with Gasteiger partial charge in [-0.05, 0) is 24.3 Å². The molecular weight excluding hydrogens is 534 g/mol. The number of ether oxygens (including phenoxy) is 1. The predicted molar refractivity (Wildman–Crippen MR) is 95.2 cm³/mol. The lowest BCUT2D eigenvalue weighted by molar-refractivity contribution is -0.361. The van der Waals surface area contributed by atoms with Crippen LogP contribution >= 0.6 is 0 Å². The average molecular weight is 546 g/mol. The molecule has 0 aliphatic heterocycles. The smallest absolute Gasteiger partial charge is 0.424 e. The molecule has 0 N–H and O–H groups in total. The van der Waals surface area contributed by atoms with Gasteiger partial charge in [-0.1, -0.05) is 12.0 Å². The van der Waals surface area contributed by atoms with Gasteiger partial charge in [-0.15, -0.1) is 5.10 Å². The molecule has 8 nitrogen and oxygen atoms in total. The lowest BCUT2D eigenvalue weighted by atomic mass is 10.1. The normalized spacial score (nSPS) is 13.6. The summed E-state index contributed by atoms with van der Waals surface area (Å²) in [7, 11) is -5.58. The van der Waals surface area contributed by atoms with Crippen LogP contribution in [0.15, 0.2) is 24.3 Å². The van der Waals surface area contributed by atoms with E-state index in [1.807, 2.05) is 0 Å². The Labute approximate surface area is 189 Å². The first-order valence-electron chi connectivity index (χ1n) is 8.84. The molecule has 0 spiro atoms. The van der Waals surface area contributed by atoms with E-state index in [-0.39, 0.29) is 4.57 Å². The summed E-state index contributed by atoms with van der Waals surface area (Å²) in [6, 6.07) is 1.75. The number of hydrogen-bond donors (Lipinski definition) is 0. The molecule has 35 heavy (non-hydrogen) atoms. The van der Waals surface area contributed by atoms with Gasteiger partial charge in [0.05, 0.1) is 5.69 Å². The first kappa shape index (κ1) is 28.1. The highest BCUT2D eigenvalue weighted by molar-refractivity contribution is 7.94. The van der Waals surface area contributed by atoms with E-state index in [1.165, 1.54) is 0 Å². The van der Waals surface area contributed by atoms with Gasteiger partial charge in [0.15, 0.2) is 0 Å². The summed E-state index contributed by atoms with van der Waals surface area (Å²) >= 11 is 0. The second kappa shape index (κ2) is 8.83. The van der Waals surface area contributed by atoms with Gasteiger partial charge in [-0.3, -0.25) is 9.36 Å². The van der Waals surface area contributed by atoms with Crippen molar-refractivity contribution in [3.8, 4) is 11.8 Å². The Kier molecular flexibility index (Phi) is 7.09. The number of sulfonamides is 1. The summed E-state index contributed by atoms with van der Waals surface area (Å²) in [5, 5.41) is 5.55. The lowest BCUT2D eigenvalue weighted by Gasteiger charge is -2.27. The highest BCUT2D eigenvalue weighted by Gasteiger charge is 2.75. The van der Waals surface area contributed by atoms with Crippen LogP contribution in [-0.2, 0) is 27.8 Å². The van der Waals surface area contributed by atoms with Crippen LogP contribution in [0, 0.1) is 0 Å². The van der Waals surface area contributed by atoms with Gasteiger partial charge >= 0.3 is 39.6 Å². The van der Waals surface area contributed by atoms with Crippen LogP contribution in [0.4, 0.5) is 49.6 Å². The molecule has 1 aromatic carbocycles. The Balaban J connectivity index is 2.40. The molecule has 1 aromatic heterocycles. The minimum atomic E-state index is -6.64. The topological polar surface area (TPSA) is 94.4 Å². The number of amides is 1. The Morgan fingerprint density at radius 2 is 1.49 bits per heavy atom. The van der Waals surface area contributed by atoms with Gasteiger partial charge in [-0.2, -0.15) is 56.6 Å². The molecule has 2 rings (SSSR count). The van der Waals surface area contributed by atoms with E-state index in [1.54, 1.807) is 0 Å². The van der Waals surface area contributed by atoms with Gasteiger partial charge in [0.2, 0.25) is 11.7 Å². The molecule has 2 aromatic rings. The van der Waals surface area contributed by atoms with Crippen molar-refractivity contribution in [2.45, 2.75) is 36.9 Å². The number of halogens is 10. The Bertz CT molecular complexity index is 1190. The maximum atomic E-state index is 13.9. The highest BCUT2D eigenvalue weighted by atomic mass is 32.2. The Hall–Kier alpha value is -3.12. The first-order valence-corrected chi connectivity index (χ1v) is 10.3. The minimum Gasteiger partial charge on any atom is -0.424 e. The number of nitrogens with zero attached hydrogens (tertiary/aromatic N) is 4. The van der Waals surface area contributed by atoms with Crippen molar-refractivity contribution in [2.24, 2.45) is 7.05 Å². The predicted octanol–water partition coefficient (Wildman–Crippen LogP) is 4.49. The number of carbonyl (C=O) groups is 1. The van der Waals surface area contributed by atoms with Crippen molar-refractivity contribution in [2.75, 3.05) is 4.31 Å². The van der Waals surface area contributed by atoms with E-state index in [2.05, 4.69) is 10.2 Å². The van der Waals surface area contributed by atoms with Crippen molar-refractivity contribution < 1.29 is 61.9 Å². The minimum absolute atomic E-state index is 0.0331. The van der Waals surface area contributed by atoms with Crippen LogP contribution in [0.3, 0.4) is 0 Å². The monoisotopic (exact) mass is 546 g/mol. The summed E-state index contributed by atoms with van der Waals surface area (Å²) in [6.07, 6.45) is -7.29. The Morgan fingerprint density at radius 3 is 1.91 bits per heavy atom. The molecule has 19 heteroatoms. The number of aromatic nitrogens is 3. The number of hydrogen-bond acceptors (Lipinski definition) is 6. The standard InChI is InChI=1S/C16H12F10N4O4S/c1-3-10(31)30(35(32,33)16(24,25)26)8-4-6-9(7-5-8)34-12-28-27-11(29(12)2)13(17,18)14(19,20)15(21,22)23/h4-7H,3H2,1-2H3. The van der Waals surface area contributed by atoms with Crippen molar-refractivity contribution in [1.29, 1.82) is 0 Å². The van der Waals surface area contributed by atoms with E-state index in [0.29, 0.717) is 19.2 Å². The van der Waals surface area contributed by atoms with E-state index in [0.717, 1.165) is 19.1 Å². The molecule has 1 amide bonds. The summed E-state index contributed by atoms with van der Waals surface area (Å²) in [5.41, 5.74) is -6.64. The summed E-state index contributed by atoms with van der Waals surface area (Å²) in [6.45, 7) is 1.09. The van der Waals surface area contributed by atoms with Crippen molar-refractivity contribution >= 4 is 21.6 Å². The third-order valence-electron chi connectivity index (χ3n) is 4.21. The Morgan fingerprint density at radius 1 is 0.971 bits per heavy atom. The molecule has 0 saturated carbocycles. The van der Waals surface area contributed by atoms with Crippen LogP contribution in [-0.4, -0.2) is 46.7 Å². The van der Waals surface area contributed by atoms with Crippen LogP contribution < -0.4 is 9.04 Å². The largest absolute Gasteiger partial charge is 0.517 e. The molecule has 196 valence electrons. The molecule has 0 atom stereocenters. The van der Waals surface area contributed by atoms with Crippen LogP contribution in [0.5, 0.6) is 11.8 Å². The number of rotatable bonds is 7. The van der Waals surface area contributed by atoms with Gasteiger partial charge in [-0.25, -0.2) is 0 Å². The lowest BCUT2D eigenvalue weighted by Crippen LogP contribution is -2.51. The van der Waals surface area contributed by atoms with Gasteiger partial charge in [0.25, 0.3) is 0 Å². The van der Waals surface area contributed by atoms with Crippen molar-refractivity contribution in [3.63, 3.8) is 0 Å². The third kappa shape index (κ3) is 4.85. The molecule has 0 aliphatic carbocycles. The summed E-state index contributed by atoms with van der Waals surface area (Å²) in [4.78, 5) is 11.9. The highest BCUT2D eigenvalue weighted by Crippen LogP contribution is 2.51. The fourth-order valence-corrected chi connectivity index (χ4v) is 3.42. The zero-order chi connectivity index (χ0) is 27.2. The summed E-state index contributed by atoms with van der Waals surface area (Å²) in [5.74, 6) is -16.5. The quantitative estimate of drug-likeness (QED) is 0.476. The summed E-state index contributed by atoms with van der Waals surface area (Å²) < 4.78 is 158. The second-order valence-corrected chi connectivity index (χ2v) is 8.35. The van der Waals surface area contributed by atoms with Crippen molar-refractivity contribution in [3.05, 3.63) is 30.1 Å². The molecule has 0 saturated heterocycles. The molecule has 0 fully saturated rings. The van der Waals surface area contributed by atoms with Crippen LogP contribution in [0.2, 0.25) is 0 Å². The van der Waals surface area contributed by atoms with E-state index >= 15 is 0 Å². The number of carbonyl (C=O) groups excluding carboxylic acids is 1. The van der Waals surface area contributed by atoms with Crippen LogP contribution in [0.25, 0.3) is 0 Å². The molecule has 0 unspecified atom stereocenters. The third-order valence-corrected chi connectivity index (χ3v) is 5.69. The number of benzene rings is 1. The number of anilines is 1. The van der Waals surface area contributed by atoms with E-state index < -0.39 is 73.5 Å². The average Bonchev–Trinajstić information content (AvgIpc) is 3.08. The van der Waals surface area contributed by atoms with E-state index in [4.69, 9.17) is 4.74 Å². The van der Waals surface area contributed by atoms with Gasteiger partial charge in [0.1, 0.15) is 5.75 Å². The van der Waals surface area contributed by atoms with Gasteiger partial charge in [0, 0.05) is 13.5 Å². The first-order chi connectivity index (χ1) is 15.7. The molecule has 0 radical (unpaired) electrons. The molecular formula is C16H12F10N4O4S. The molecule has 0 aliphatic rings. The fourth-order valence-electron chi connectivity index (χ4n) is 2.41. The van der Waals surface area contributed by atoms with Crippen LogP contribution in [0.1, 0.15) is 19.2 Å². The molecule has 1 heterocycles. The SMILES string of the molecule is CCC(=O)N(c1ccc(Oc2nnc(C(F)(F)C(F)(F)C(F)(F)F)n2C)cc1)S(=O)(=O)C(F)(F)F. The molecule has 0 bridgehead atoms. The van der Waals surface area contributed by atoms with E-state index in [9.17, 15) is 57.1 Å². The van der Waals surface area contributed by atoms with Gasteiger partial charge < -0.3 is 4.74 Å². The zero-order valence-corrected chi connectivity index (χ0v) is 17.9. The van der Waals surface area contributed by atoms with Crippen molar-refractivity contribution in [1.82, 2.24) is 14.8 Å².